The zero-order valence-electron chi connectivity index (χ0n) is 16.1. The van der Waals surface area contributed by atoms with Crippen LogP contribution in [-0.2, 0) is 0 Å². The summed E-state index contributed by atoms with van der Waals surface area (Å²) in [4.78, 5) is 8.60. The lowest BCUT2D eigenvalue weighted by molar-refractivity contribution is 0.395. The van der Waals surface area contributed by atoms with E-state index in [1.165, 1.54) is 6.33 Å². The molecule has 4 aromatic rings. The predicted molar refractivity (Wildman–Crippen MR) is 117 cm³/mol. The molecule has 0 amide bonds. The van der Waals surface area contributed by atoms with Crippen LogP contribution in [0.15, 0.2) is 67.0 Å². The van der Waals surface area contributed by atoms with Gasteiger partial charge in [-0.15, -0.1) is 0 Å². The van der Waals surface area contributed by atoms with E-state index >= 15 is 0 Å². The first-order valence-electron chi connectivity index (χ1n) is 9.04. The maximum atomic E-state index is 6.36. The molecule has 0 saturated heterocycles. The van der Waals surface area contributed by atoms with Crippen LogP contribution in [-0.4, -0.2) is 24.2 Å². The quantitative estimate of drug-likeness (QED) is 0.441. The number of nitrogens with zero attached hydrogens (tertiary/aromatic N) is 2. The van der Waals surface area contributed by atoms with Gasteiger partial charge in [0.1, 0.15) is 23.5 Å². The molecule has 4 rings (SSSR count). The monoisotopic (exact) mass is 387 g/mol. The molecular weight excluding hydrogens is 366 g/mol. The molecule has 0 atom stereocenters. The van der Waals surface area contributed by atoms with Gasteiger partial charge in [0.05, 0.1) is 19.9 Å². The van der Waals surface area contributed by atoms with E-state index in [9.17, 15) is 0 Å². The van der Waals surface area contributed by atoms with Crippen LogP contribution in [0.2, 0.25) is 0 Å². The van der Waals surface area contributed by atoms with Gasteiger partial charge >= 0.3 is 0 Å². The van der Waals surface area contributed by atoms with Gasteiger partial charge in [0, 0.05) is 17.1 Å². The maximum absolute atomic E-state index is 6.36. The Morgan fingerprint density at radius 2 is 1.52 bits per heavy atom. The largest absolute Gasteiger partial charge is 0.497 e. The van der Waals surface area contributed by atoms with Crippen LogP contribution in [0.3, 0.4) is 0 Å². The van der Waals surface area contributed by atoms with Crippen molar-refractivity contribution in [3.63, 3.8) is 0 Å². The molecule has 146 valence electrons. The smallest absolute Gasteiger partial charge is 0.159 e. The van der Waals surface area contributed by atoms with Crippen molar-refractivity contribution in [2.75, 3.05) is 30.6 Å². The molecule has 0 aliphatic rings. The lowest BCUT2D eigenvalue weighted by atomic mass is 10.1. The topological polar surface area (TPSA) is 94.3 Å². The number of nitrogens with two attached hydrogens (primary N) is 1. The van der Waals surface area contributed by atoms with Crippen LogP contribution in [0.4, 0.5) is 28.7 Å². The van der Waals surface area contributed by atoms with E-state index < -0.39 is 0 Å². The summed E-state index contributed by atoms with van der Waals surface area (Å²) < 4.78 is 10.7. The van der Waals surface area contributed by atoms with E-state index in [0.29, 0.717) is 28.8 Å². The molecule has 0 spiro atoms. The summed E-state index contributed by atoms with van der Waals surface area (Å²) in [6.45, 7) is 0. The van der Waals surface area contributed by atoms with Gasteiger partial charge in [-0.1, -0.05) is 36.4 Å². The highest BCUT2D eigenvalue weighted by Crippen LogP contribution is 2.35. The highest BCUT2D eigenvalue weighted by atomic mass is 16.5. The summed E-state index contributed by atoms with van der Waals surface area (Å²) in [7, 11) is 3.20. The van der Waals surface area contributed by atoms with Crippen molar-refractivity contribution in [2.45, 2.75) is 0 Å². The molecule has 0 saturated carbocycles. The zero-order chi connectivity index (χ0) is 20.2. The molecule has 29 heavy (non-hydrogen) atoms. The second-order valence-corrected chi connectivity index (χ2v) is 6.33. The Bertz CT molecular complexity index is 1160. The summed E-state index contributed by atoms with van der Waals surface area (Å²) in [5, 5.41) is 8.74. The SMILES string of the molecule is COc1ccc(Nc2ncnc(Nc3cccc4ccccc34)c2N)c(OC)c1. The Morgan fingerprint density at radius 3 is 2.28 bits per heavy atom. The van der Waals surface area contributed by atoms with Gasteiger partial charge in [0.15, 0.2) is 11.6 Å². The minimum atomic E-state index is 0.401. The molecule has 1 heterocycles. The van der Waals surface area contributed by atoms with E-state index in [-0.39, 0.29) is 0 Å². The normalized spacial score (nSPS) is 10.6. The van der Waals surface area contributed by atoms with Gasteiger partial charge < -0.3 is 25.8 Å². The zero-order valence-corrected chi connectivity index (χ0v) is 16.1. The average Bonchev–Trinajstić information content (AvgIpc) is 2.77. The molecule has 0 aliphatic carbocycles. The fraction of sp³-hybridized carbons (Fsp3) is 0.0909. The lowest BCUT2D eigenvalue weighted by Crippen LogP contribution is -2.06. The molecule has 0 unspecified atom stereocenters. The molecule has 7 nitrogen and oxygen atoms in total. The molecule has 3 aromatic carbocycles. The van der Waals surface area contributed by atoms with Gasteiger partial charge in [-0.25, -0.2) is 9.97 Å². The number of nitrogens with one attached hydrogen (secondary N) is 2. The van der Waals surface area contributed by atoms with Gasteiger partial charge in [-0.05, 0) is 23.6 Å². The van der Waals surface area contributed by atoms with Crippen LogP contribution >= 0.6 is 0 Å². The first-order chi connectivity index (χ1) is 14.2. The predicted octanol–water partition coefficient (Wildman–Crippen LogP) is 4.72. The second kappa shape index (κ2) is 7.93. The van der Waals surface area contributed by atoms with E-state index in [1.54, 1.807) is 20.3 Å². The molecule has 0 aliphatic heterocycles. The Kier molecular flexibility index (Phi) is 5.03. The Labute approximate surface area is 168 Å². The molecule has 0 radical (unpaired) electrons. The van der Waals surface area contributed by atoms with Crippen LogP contribution in [0.25, 0.3) is 10.8 Å². The fourth-order valence-corrected chi connectivity index (χ4v) is 3.09. The van der Waals surface area contributed by atoms with Crippen LogP contribution in [0.5, 0.6) is 11.5 Å². The van der Waals surface area contributed by atoms with Crippen molar-refractivity contribution in [1.82, 2.24) is 9.97 Å². The minimum Gasteiger partial charge on any atom is -0.497 e. The number of nitrogen functional groups attached to an aromatic ring is 1. The number of hydrogen-bond acceptors (Lipinski definition) is 7. The Hall–Kier alpha value is -4.00. The van der Waals surface area contributed by atoms with Crippen LogP contribution in [0, 0.1) is 0 Å². The van der Waals surface area contributed by atoms with Crippen molar-refractivity contribution >= 4 is 39.5 Å². The summed E-state index contributed by atoms with van der Waals surface area (Å²) in [6, 6.07) is 19.6. The minimum absolute atomic E-state index is 0.401. The molecule has 0 bridgehead atoms. The number of rotatable bonds is 6. The van der Waals surface area contributed by atoms with E-state index in [1.807, 2.05) is 36.4 Å². The van der Waals surface area contributed by atoms with Gasteiger partial charge in [-0.2, -0.15) is 0 Å². The lowest BCUT2D eigenvalue weighted by Gasteiger charge is -2.15. The number of ether oxygens (including phenoxy) is 2. The maximum Gasteiger partial charge on any atom is 0.159 e. The summed E-state index contributed by atoms with van der Waals surface area (Å²) in [5.41, 5.74) is 8.39. The van der Waals surface area contributed by atoms with E-state index in [4.69, 9.17) is 15.2 Å². The third kappa shape index (κ3) is 3.70. The number of methoxy groups -OCH3 is 2. The molecular formula is C22H21N5O2. The Balaban J connectivity index is 1.66. The molecule has 4 N–H and O–H groups in total. The standard InChI is InChI=1S/C22H21N5O2/c1-28-15-10-11-18(19(12-15)29-2)27-22-20(23)21(24-13-25-22)26-17-9-5-7-14-6-3-4-8-16(14)17/h3-13H,23H2,1-2H3,(H2,24,25,26,27). The highest BCUT2D eigenvalue weighted by molar-refractivity contribution is 5.96. The number of aromatic nitrogens is 2. The Morgan fingerprint density at radius 1 is 0.793 bits per heavy atom. The van der Waals surface area contributed by atoms with Crippen molar-refractivity contribution < 1.29 is 9.47 Å². The third-order valence-corrected chi connectivity index (χ3v) is 4.59. The number of fused-ring (bicyclic) bond motifs is 1. The number of anilines is 5. The van der Waals surface area contributed by atoms with E-state index in [2.05, 4.69) is 38.8 Å². The van der Waals surface area contributed by atoms with Crippen molar-refractivity contribution in [3.8, 4) is 11.5 Å². The average molecular weight is 387 g/mol. The number of hydrogen-bond donors (Lipinski definition) is 3. The van der Waals surface area contributed by atoms with Gasteiger partial charge in [0.2, 0.25) is 0 Å². The summed E-state index contributed by atoms with van der Waals surface area (Å²) >= 11 is 0. The van der Waals surface area contributed by atoms with Crippen LogP contribution in [0.1, 0.15) is 0 Å². The first-order valence-corrected chi connectivity index (χ1v) is 9.04. The fourth-order valence-electron chi connectivity index (χ4n) is 3.09. The molecule has 7 heteroatoms. The second-order valence-electron chi connectivity index (χ2n) is 6.33. The molecule has 0 fully saturated rings. The first kappa shape index (κ1) is 18.4. The van der Waals surface area contributed by atoms with Crippen molar-refractivity contribution in [3.05, 3.63) is 67.0 Å². The van der Waals surface area contributed by atoms with Gasteiger partial charge in [-0.3, -0.25) is 0 Å². The highest BCUT2D eigenvalue weighted by Gasteiger charge is 2.12. The third-order valence-electron chi connectivity index (χ3n) is 4.59. The molecule has 1 aromatic heterocycles. The summed E-state index contributed by atoms with van der Waals surface area (Å²) in [5.74, 6) is 2.31. The van der Waals surface area contributed by atoms with Crippen molar-refractivity contribution in [2.24, 2.45) is 0 Å². The number of benzene rings is 3. The van der Waals surface area contributed by atoms with E-state index in [0.717, 1.165) is 22.1 Å². The van der Waals surface area contributed by atoms with Gasteiger partial charge in [0.25, 0.3) is 0 Å². The van der Waals surface area contributed by atoms with Crippen molar-refractivity contribution in [1.29, 1.82) is 0 Å². The summed E-state index contributed by atoms with van der Waals surface area (Å²) in [6.07, 6.45) is 1.46. The van der Waals surface area contributed by atoms with Crippen LogP contribution < -0.4 is 25.8 Å².